The Kier molecular flexibility index (Phi) is 6.68. The minimum atomic E-state index is -0.200. The largest absolute Gasteiger partial charge is 0.383 e. The molecule has 2 amide bonds. The Hall–Kier alpha value is -4.53. The van der Waals surface area contributed by atoms with Crippen molar-refractivity contribution in [1.29, 1.82) is 5.41 Å². The summed E-state index contributed by atoms with van der Waals surface area (Å²) in [6.45, 7) is 5.08. The Morgan fingerprint density at radius 2 is 1.68 bits per heavy atom. The number of anilines is 3. The summed E-state index contributed by atoms with van der Waals surface area (Å²) in [4.78, 5) is 34.8. The van der Waals surface area contributed by atoms with Crippen LogP contribution in [0.25, 0.3) is 0 Å². The Morgan fingerprint density at radius 1 is 1.00 bits per heavy atom. The fraction of sp³-hybridized carbons (Fsp3) is 0.250. The van der Waals surface area contributed by atoms with Crippen molar-refractivity contribution in [3.8, 4) is 0 Å². The highest BCUT2D eigenvalue weighted by Gasteiger charge is 2.42. The molecule has 9 heteroatoms. The van der Waals surface area contributed by atoms with E-state index in [1.54, 1.807) is 36.4 Å². The molecular weight excluding hydrogens is 466 g/mol. The molecule has 5 N–H and O–H groups in total. The third kappa shape index (κ3) is 5.06. The van der Waals surface area contributed by atoms with Gasteiger partial charge in [0, 0.05) is 35.9 Å². The average molecular weight is 496 g/mol. The maximum absolute atomic E-state index is 12.4. The Bertz CT molecular complexity index is 1330. The van der Waals surface area contributed by atoms with Crippen LogP contribution in [0.3, 0.4) is 0 Å². The number of carbonyl (C=O) groups excluding carboxylic acids is 2. The van der Waals surface area contributed by atoms with Gasteiger partial charge in [-0.05, 0) is 55.0 Å². The first-order chi connectivity index (χ1) is 17.9. The van der Waals surface area contributed by atoms with Crippen LogP contribution in [0, 0.1) is 17.2 Å². The van der Waals surface area contributed by atoms with Crippen LogP contribution in [0.4, 0.5) is 17.3 Å². The lowest BCUT2D eigenvalue weighted by Gasteiger charge is -2.21. The number of hydrogen-bond acceptors (Lipinski definition) is 7. The van der Waals surface area contributed by atoms with E-state index in [9.17, 15) is 9.59 Å². The summed E-state index contributed by atoms with van der Waals surface area (Å²) in [6.07, 6.45) is 4.61. The van der Waals surface area contributed by atoms with Crippen LogP contribution in [-0.2, 0) is 4.79 Å². The summed E-state index contributed by atoms with van der Waals surface area (Å²) >= 11 is 0. The van der Waals surface area contributed by atoms with E-state index in [1.165, 1.54) is 12.4 Å². The SMILES string of the molecule is C=CC(=O)N1CC2CC(Nc3ncnc(N)c3C(=N)c3ccc(NC(=O)c4ccccc4)cc3)CC2C1. The first-order valence-corrected chi connectivity index (χ1v) is 12.3. The topological polar surface area (TPSA) is 137 Å². The number of nitrogens with one attached hydrogen (secondary N) is 3. The van der Waals surface area contributed by atoms with Gasteiger partial charge in [0.15, 0.2) is 0 Å². The molecule has 2 fully saturated rings. The van der Waals surface area contributed by atoms with Crippen molar-refractivity contribution in [2.24, 2.45) is 11.8 Å². The van der Waals surface area contributed by atoms with E-state index < -0.39 is 0 Å². The van der Waals surface area contributed by atoms with Crippen LogP contribution in [0.5, 0.6) is 0 Å². The first kappa shape index (κ1) is 24.2. The van der Waals surface area contributed by atoms with Crippen LogP contribution in [0.2, 0.25) is 0 Å². The van der Waals surface area contributed by atoms with Gasteiger partial charge in [-0.15, -0.1) is 0 Å². The van der Waals surface area contributed by atoms with E-state index in [2.05, 4.69) is 27.2 Å². The minimum Gasteiger partial charge on any atom is -0.383 e. The third-order valence-electron chi connectivity index (χ3n) is 7.17. The second-order valence-electron chi connectivity index (χ2n) is 9.54. The lowest BCUT2D eigenvalue weighted by molar-refractivity contribution is -0.125. The van der Waals surface area contributed by atoms with Crippen LogP contribution in [0.15, 0.2) is 73.6 Å². The predicted molar refractivity (Wildman–Crippen MR) is 144 cm³/mol. The van der Waals surface area contributed by atoms with Gasteiger partial charge in [-0.25, -0.2) is 9.97 Å². The van der Waals surface area contributed by atoms with Crippen LogP contribution >= 0.6 is 0 Å². The number of carbonyl (C=O) groups is 2. The molecule has 2 unspecified atom stereocenters. The molecule has 1 aromatic heterocycles. The summed E-state index contributed by atoms with van der Waals surface area (Å²) in [6, 6.07) is 16.2. The van der Waals surface area contributed by atoms with Gasteiger partial charge >= 0.3 is 0 Å². The molecule has 1 aliphatic carbocycles. The molecule has 0 spiro atoms. The van der Waals surface area contributed by atoms with Crippen molar-refractivity contribution in [1.82, 2.24) is 14.9 Å². The molecule has 188 valence electrons. The molecule has 1 saturated heterocycles. The number of benzene rings is 2. The van der Waals surface area contributed by atoms with Gasteiger partial charge in [-0.3, -0.25) is 15.0 Å². The molecule has 2 aliphatic rings. The predicted octanol–water partition coefficient (Wildman–Crippen LogP) is 3.56. The minimum absolute atomic E-state index is 0.0103. The molecule has 1 aliphatic heterocycles. The second kappa shape index (κ2) is 10.2. The van der Waals surface area contributed by atoms with Gasteiger partial charge in [0.1, 0.15) is 18.0 Å². The zero-order valence-electron chi connectivity index (χ0n) is 20.4. The van der Waals surface area contributed by atoms with E-state index in [0.29, 0.717) is 40.0 Å². The number of likely N-dealkylation sites (tertiary alicyclic amines) is 1. The number of hydrogen-bond donors (Lipinski definition) is 4. The van der Waals surface area contributed by atoms with E-state index in [-0.39, 0.29) is 29.4 Å². The maximum atomic E-state index is 12.4. The monoisotopic (exact) mass is 495 g/mol. The number of nitrogens with zero attached hydrogens (tertiary/aromatic N) is 3. The first-order valence-electron chi connectivity index (χ1n) is 12.3. The van der Waals surface area contributed by atoms with Gasteiger partial charge < -0.3 is 21.3 Å². The average Bonchev–Trinajstić information content (AvgIpc) is 3.48. The maximum Gasteiger partial charge on any atom is 0.255 e. The van der Waals surface area contributed by atoms with Crippen LogP contribution in [-0.4, -0.2) is 51.5 Å². The Labute approximate surface area is 215 Å². The molecule has 2 aromatic carbocycles. The molecule has 2 heterocycles. The Balaban J connectivity index is 1.27. The van der Waals surface area contributed by atoms with E-state index >= 15 is 0 Å². The summed E-state index contributed by atoms with van der Waals surface area (Å²) < 4.78 is 0. The number of rotatable bonds is 7. The Morgan fingerprint density at radius 3 is 2.32 bits per heavy atom. The highest BCUT2D eigenvalue weighted by atomic mass is 16.2. The van der Waals surface area contributed by atoms with E-state index in [1.807, 2.05) is 23.1 Å². The lowest BCUT2D eigenvalue weighted by atomic mass is 10.0. The number of nitrogen functional groups attached to an aromatic ring is 1. The molecule has 3 aromatic rings. The molecular formula is C28H29N7O2. The summed E-state index contributed by atoms with van der Waals surface area (Å²) in [5.41, 5.74) is 8.68. The number of nitrogens with two attached hydrogens (primary N) is 1. The van der Waals surface area contributed by atoms with Crippen molar-refractivity contribution in [3.63, 3.8) is 0 Å². The van der Waals surface area contributed by atoms with Gasteiger partial charge in [0.05, 0.1) is 11.3 Å². The number of amides is 2. The lowest BCUT2D eigenvalue weighted by Crippen LogP contribution is -2.30. The number of aromatic nitrogens is 2. The van der Waals surface area contributed by atoms with E-state index in [4.69, 9.17) is 11.1 Å². The van der Waals surface area contributed by atoms with Crippen molar-refractivity contribution in [2.45, 2.75) is 18.9 Å². The molecule has 9 nitrogen and oxygen atoms in total. The van der Waals surface area contributed by atoms with Gasteiger partial charge in [0.2, 0.25) is 5.91 Å². The molecule has 37 heavy (non-hydrogen) atoms. The molecule has 5 rings (SSSR count). The smallest absolute Gasteiger partial charge is 0.255 e. The van der Waals surface area contributed by atoms with Gasteiger partial charge in [0.25, 0.3) is 5.91 Å². The van der Waals surface area contributed by atoms with Gasteiger partial charge in [-0.2, -0.15) is 0 Å². The van der Waals surface area contributed by atoms with Crippen LogP contribution in [0.1, 0.15) is 34.3 Å². The quantitative estimate of drug-likeness (QED) is 0.292. The third-order valence-corrected chi connectivity index (χ3v) is 7.17. The van der Waals surface area contributed by atoms with Crippen molar-refractivity contribution in [3.05, 3.63) is 90.3 Å². The fourth-order valence-corrected chi connectivity index (χ4v) is 5.33. The summed E-state index contributed by atoms with van der Waals surface area (Å²) in [5.74, 6) is 1.41. The molecule has 0 radical (unpaired) electrons. The molecule has 2 atom stereocenters. The standard InChI is InChI=1S/C28H29N7O2/c1-2-23(36)35-14-19-12-22(13-20(19)15-35)33-27-24(26(30)31-16-32-27)25(29)17-8-10-21(11-9-17)34-28(37)18-6-4-3-5-7-18/h2-11,16,19-20,22,29H,1,12-15H2,(H,34,37)(H3,30,31,32,33). The van der Waals surface area contributed by atoms with E-state index in [0.717, 1.165) is 25.9 Å². The second-order valence-corrected chi connectivity index (χ2v) is 9.54. The summed E-state index contributed by atoms with van der Waals surface area (Å²) in [5, 5.41) is 15.2. The van der Waals surface area contributed by atoms with Crippen LogP contribution < -0.4 is 16.4 Å². The van der Waals surface area contributed by atoms with Gasteiger partial charge in [-0.1, -0.05) is 36.9 Å². The van der Waals surface area contributed by atoms with Crippen molar-refractivity contribution < 1.29 is 9.59 Å². The van der Waals surface area contributed by atoms with Crippen molar-refractivity contribution in [2.75, 3.05) is 29.5 Å². The zero-order chi connectivity index (χ0) is 25.9. The summed E-state index contributed by atoms with van der Waals surface area (Å²) in [7, 11) is 0. The number of fused-ring (bicyclic) bond motifs is 1. The molecule has 1 saturated carbocycles. The zero-order valence-corrected chi connectivity index (χ0v) is 20.4. The fourth-order valence-electron chi connectivity index (χ4n) is 5.33. The highest BCUT2D eigenvalue weighted by molar-refractivity contribution is 6.16. The highest BCUT2D eigenvalue weighted by Crippen LogP contribution is 2.39. The van der Waals surface area contributed by atoms with Crippen molar-refractivity contribution >= 4 is 34.8 Å². The molecule has 0 bridgehead atoms. The normalized spacial score (nSPS) is 20.2.